The minimum Gasteiger partial charge on any atom is -0.497 e. The molecule has 166 valence electrons. The number of ether oxygens (including phenoxy) is 1. The fourth-order valence-corrected chi connectivity index (χ4v) is 3.38. The largest absolute Gasteiger partial charge is 0.497 e. The summed E-state index contributed by atoms with van der Waals surface area (Å²) in [6.45, 7) is 0.473. The van der Waals surface area contributed by atoms with E-state index < -0.39 is 0 Å². The van der Waals surface area contributed by atoms with Crippen molar-refractivity contribution in [3.05, 3.63) is 108 Å². The van der Waals surface area contributed by atoms with Gasteiger partial charge in [0.1, 0.15) is 5.75 Å². The van der Waals surface area contributed by atoms with Gasteiger partial charge in [-0.05, 0) is 66.6 Å². The third-order valence-electron chi connectivity index (χ3n) is 5.18. The van der Waals surface area contributed by atoms with Crippen molar-refractivity contribution in [2.45, 2.75) is 6.42 Å². The molecule has 1 aromatic heterocycles. The molecule has 0 aliphatic heterocycles. The number of carbonyl (C=O) groups is 2. The molecule has 2 N–H and O–H groups in total. The molecule has 1 heterocycles. The Morgan fingerprint density at radius 3 is 2.36 bits per heavy atom. The fraction of sp³-hybridized carbons (Fsp3) is 0.115. The maximum atomic E-state index is 12.8. The highest BCUT2D eigenvalue weighted by Crippen LogP contribution is 2.18. The van der Waals surface area contributed by atoms with E-state index in [0.717, 1.165) is 11.3 Å². The third-order valence-corrected chi connectivity index (χ3v) is 5.18. The second-order valence-electron chi connectivity index (χ2n) is 7.35. The lowest BCUT2D eigenvalue weighted by molar-refractivity contribution is 0.0955. The van der Waals surface area contributed by atoms with Crippen molar-refractivity contribution in [2.75, 3.05) is 19.0 Å². The van der Waals surface area contributed by atoms with Gasteiger partial charge in [0.25, 0.3) is 11.8 Å². The SMILES string of the molecule is COc1ccc(C(=O)Nc2ccccc2C(=O)NCCc2ccc(-n3cccn3)cc2)cc1. The molecule has 0 saturated heterocycles. The van der Waals surface area contributed by atoms with E-state index in [0.29, 0.717) is 35.5 Å². The molecular formula is C26H24N4O3. The summed E-state index contributed by atoms with van der Waals surface area (Å²) in [7, 11) is 1.57. The van der Waals surface area contributed by atoms with Crippen molar-refractivity contribution in [1.29, 1.82) is 0 Å². The Bertz CT molecular complexity index is 1220. The molecule has 7 nitrogen and oxygen atoms in total. The Balaban J connectivity index is 1.35. The minimum atomic E-state index is -0.296. The van der Waals surface area contributed by atoms with E-state index in [4.69, 9.17) is 4.74 Å². The first-order valence-electron chi connectivity index (χ1n) is 10.6. The number of methoxy groups -OCH3 is 1. The Labute approximate surface area is 192 Å². The van der Waals surface area contributed by atoms with Crippen LogP contribution in [0.1, 0.15) is 26.3 Å². The van der Waals surface area contributed by atoms with Crippen LogP contribution in [-0.2, 0) is 6.42 Å². The van der Waals surface area contributed by atoms with Gasteiger partial charge in [-0.3, -0.25) is 9.59 Å². The van der Waals surface area contributed by atoms with Gasteiger partial charge in [-0.1, -0.05) is 24.3 Å². The van der Waals surface area contributed by atoms with Crippen LogP contribution >= 0.6 is 0 Å². The average molecular weight is 441 g/mol. The molecule has 0 spiro atoms. The summed E-state index contributed by atoms with van der Waals surface area (Å²) < 4.78 is 6.92. The molecule has 0 atom stereocenters. The molecule has 0 aliphatic rings. The van der Waals surface area contributed by atoms with E-state index in [2.05, 4.69) is 15.7 Å². The van der Waals surface area contributed by atoms with E-state index in [1.54, 1.807) is 66.5 Å². The number of para-hydroxylation sites is 1. The molecular weight excluding hydrogens is 416 g/mol. The van der Waals surface area contributed by atoms with Crippen molar-refractivity contribution in [3.63, 3.8) is 0 Å². The highest BCUT2D eigenvalue weighted by atomic mass is 16.5. The van der Waals surface area contributed by atoms with Gasteiger partial charge in [-0.15, -0.1) is 0 Å². The van der Waals surface area contributed by atoms with Crippen molar-refractivity contribution in [1.82, 2.24) is 15.1 Å². The van der Waals surface area contributed by atoms with E-state index in [1.165, 1.54) is 0 Å². The van der Waals surface area contributed by atoms with Crippen LogP contribution in [0.2, 0.25) is 0 Å². The first-order chi connectivity index (χ1) is 16.1. The van der Waals surface area contributed by atoms with Crippen molar-refractivity contribution in [2.24, 2.45) is 0 Å². The molecule has 0 radical (unpaired) electrons. The van der Waals surface area contributed by atoms with Crippen LogP contribution in [0, 0.1) is 0 Å². The number of nitrogens with one attached hydrogen (secondary N) is 2. The maximum Gasteiger partial charge on any atom is 0.255 e. The smallest absolute Gasteiger partial charge is 0.255 e. The van der Waals surface area contributed by atoms with Gasteiger partial charge in [0.2, 0.25) is 0 Å². The highest BCUT2D eigenvalue weighted by Gasteiger charge is 2.14. The summed E-state index contributed by atoms with van der Waals surface area (Å²) in [4.78, 5) is 25.4. The number of hydrogen-bond donors (Lipinski definition) is 2. The lowest BCUT2D eigenvalue weighted by Crippen LogP contribution is -2.27. The summed E-state index contributed by atoms with van der Waals surface area (Å²) in [5, 5.41) is 9.97. The molecule has 3 aromatic carbocycles. The topological polar surface area (TPSA) is 85.2 Å². The second kappa shape index (κ2) is 10.3. The van der Waals surface area contributed by atoms with E-state index in [9.17, 15) is 9.59 Å². The average Bonchev–Trinajstić information content (AvgIpc) is 3.40. The van der Waals surface area contributed by atoms with Crippen molar-refractivity contribution in [3.8, 4) is 11.4 Å². The lowest BCUT2D eigenvalue weighted by Gasteiger charge is -2.12. The number of hydrogen-bond acceptors (Lipinski definition) is 4. The van der Waals surface area contributed by atoms with Crippen LogP contribution in [0.4, 0.5) is 5.69 Å². The van der Waals surface area contributed by atoms with Gasteiger partial charge >= 0.3 is 0 Å². The Kier molecular flexibility index (Phi) is 6.80. The number of carbonyl (C=O) groups excluding carboxylic acids is 2. The normalized spacial score (nSPS) is 10.5. The summed E-state index contributed by atoms with van der Waals surface area (Å²) >= 11 is 0. The number of anilines is 1. The standard InChI is InChI=1S/C26H24N4O3/c1-33-22-13-9-20(10-14-22)25(31)29-24-6-3-2-5-23(24)26(32)27-17-15-19-7-11-21(12-8-19)30-18-4-16-28-30/h2-14,16,18H,15,17H2,1H3,(H,27,32)(H,29,31). The van der Waals surface area contributed by atoms with Crippen LogP contribution in [0.25, 0.3) is 5.69 Å². The van der Waals surface area contributed by atoms with Crippen LogP contribution in [0.5, 0.6) is 5.75 Å². The lowest BCUT2D eigenvalue weighted by atomic mass is 10.1. The summed E-state index contributed by atoms with van der Waals surface area (Å²) in [6, 6.07) is 23.6. The van der Waals surface area contributed by atoms with Crippen LogP contribution in [-0.4, -0.2) is 35.2 Å². The molecule has 7 heteroatoms. The highest BCUT2D eigenvalue weighted by molar-refractivity contribution is 6.09. The molecule has 0 fully saturated rings. The minimum absolute atomic E-state index is 0.242. The molecule has 4 aromatic rings. The van der Waals surface area contributed by atoms with Gasteiger partial charge in [0, 0.05) is 24.5 Å². The van der Waals surface area contributed by atoms with E-state index in [-0.39, 0.29) is 11.8 Å². The van der Waals surface area contributed by atoms with E-state index >= 15 is 0 Å². The quantitative estimate of drug-likeness (QED) is 0.432. The zero-order chi connectivity index (χ0) is 23.0. The number of aromatic nitrogens is 2. The van der Waals surface area contributed by atoms with Crippen molar-refractivity contribution >= 4 is 17.5 Å². The number of amides is 2. The summed E-state index contributed by atoms with van der Waals surface area (Å²) in [5.41, 5.74) is 3.43. The molecule has 33 heavy (non-hydrogen) atoms. The molecule has 0 saturated carbocycles. The van der Waals surface area contributed by atoms with Gasteiger partial charge in [-0.2, -0.15) is 5.10 Å². The number of benzene rings is 3. The first-order valence-corrected chi connectivity index (χ1v) is 10.6. The van der Waals surface area contributed by atoms with Gasteiger partial charge in [-0.25, -0.2) is 4.68 Å². The predicted molar refractivity (Wildman–Crippen MR) is 127 cm³/mol. The van der Waals surface area contributed by atoms with Gasteiger partial charge < -0.3 is 15.4 Å². The Morgan fingerprint density at radius 2 is 1.67 bits per heavy atom. The third kappa shape index (κ3) is 5.46. The molecule has 0 bridgehead atoms. The summed E-state index contributed by atoms with van der Waals surface area (Å²) in [6.07, 6.45) is 4.31. The molecule has 0 unspecified atom stereocenters. The first kappa shape index (κ1) is 21.8. The molecule has 4 rings (SSSR count). The fourth-order valence-electron chi connectivity index (χ4n) is 3.38. The van der Waals surface area contributed by atoms with Gasteiger partial charge in [0.05, 0.1) is 24.0 Å². The van der Waals surface area contributed by atoms with Gasteiger partial charge in [0.15, 0.2) is 0 Å². The predicted octanol–water partition coefficient (Wildman–Crippen LogP) is 4.11. The number of nitrogens with zero attached hydrogens (tertiary/aromatic N) is 2. The Morgan fingerprint density at radius 1 is 0.909 bits per heavy atom. The van der Waals surface area contributed by atoms with Crippen molar-refractivity contribution < 1.29 is 14.3 Å². The zero-order valence-corrected chi connectivity index (χ0v) is 18.2. The van der Waals surface area contributed by atoms with Crippen LogP contribution in [0.3, 0.4) is 0 Å². The number of rotatable bonds is 8. The Hall–Kier alpha value is -4.39. The van der Waals surface area contributed by atoms with Crippen LogP contribution < -0.4 is 15.4 Å². The molecule has 0 aliphatic carbocycles. The monoisotopic (exact) mass is 440 g/mol. The summed E-state index contributed by atoms with van der Waals surface area (Å²) in [5.74, 6) is 0.131. The second-order valence-corrected chi connectivity index (χ2v) is 7.35. The zero-order valence-electron chi connectivity index (χ0n) is 18.2. The van der Waals surface area contributed by atoms with E-state index in [1.807, 2.05) is 36.5 Å². The molecule has 2 amide bonds. The maximum absolute atomic E-state index is 12.8. The van der Waals surface area contributed by atoms with Crippen LogP contribution in [0.15, 0.2) is 91.3 Å².